The Kier molecular flexibility index (Phi) is 5.86. The average Bonchev–Trinajstić information content (AvgIpc) is 2.89. The summed E-state index contributed by atoms with van der Waals surface area (Å²) in [5.74, 6) is 1.68. The average molecular weight is 281 g/mol. The molecule has 0 amide bonds. The smallest absolute Gasteiger partial charge is 0.0922 e. The third-order valence-electron chi connectivity index (χ3n) is 4.12. The van der Waals surface area contributed by atoms with Gasteiger partial charge in [-0.15, -0.1) is 0 Å². The van der Waals surface area contributed by atoms with Gasteiger partial charge >= 0.3 is 0 Å². The molecule has 2 nitrogen and oxygen atoms in total. The summed E-state index contributed by atoms with van der Waals surface area (Å²) in [6.07, 6.45) is 6.29. The van der Waals surface area contributed by atoms with E-state index in [9.17, 15) is 5.11 Å². The molecule has 0 radical (unpaired) electrons. The highest BCUT2D eigenvalue weighted by Gasteiger charge is 2.22. The summed E-state index contributed by atoms with van der Waals surface area (Å²) < 4.78 is 0. The molecule has 3 unspecified atom stereocenters. The van der Waals surface area contributed by atoms with Gasteiger partial charge in [0.2, 0.25) is 0 Å². The molecule has 0 saturated heterocycles. The van der Waals surface area contributed by atoms with E-state index in [1.165, 1.54) is 32.1 Å². The van der Waals surface area contributed by atoms with E-state index in [0.717, 1.165) is 17.4 Å². The van der Waals surface area contributed by atoms with Crippen LogP contribution < -0.4 is 5.32 Å². The minimum atomic E-state index is -0.350. The van der Waals surface area contributed by atoms with E-state index in [-0.39, 0.29) is 6.10 Å². The van der Waals surface area contributed by atoms with Gasteiger partial charge in [0.1, 0.15) is 0 Å². The van der Waals surface area contributed by atoms with Crippen molar-refractivity contribution in [2.75, 3.05) is 6.54 Å². The molecule has 0 aliphatic heterocycles. The third kappa shape index (κ3) is 4.90. The fourth-order valence-electron chi connectivity index (χ4n) is 3.22. The van der Waals surface area contributed by atoms with Crippen molar-refractivity contribution >= 4 is 11.3 Å². The molecule has 1 fully saturated rings. The minimum Gasteiger partial charge on any atom is -0.387 e. The third-order valence-corrected chi connectivity index (χ3v) is 4.82. The van der Waals surface area contributed by atoms with Crippen LogP contribution in [0.25, 0.3) is 0 Å². The Bertz CT molecular complexity index is 350. The number of hydrogen-bond donors (Lipinski definition) is 2. The maximum absolute atomic E-state index is 10.1. The predicted molar refractivity (Wildman–Crippen MR) is 82.5 cm³/mol. The van der Waals surface area contributed by atoms with E-state index in [1.54, 1.807) is 11.3 Å². The van der Waals surface area contributed by atoms with Crippen LogP contribution in [0.3, 0.4) is 0 Å². The monoisotopic (exact) mass is 281 g/mol. The highest BCUT2D eigenvalue weighted by atomic mass is 32.1. The number of nitrogens with one attached hydrogen (secondary N) is 1. The fourth-order valence-corrected chi connectivity index (χ4v) is 3.92. The van der Waals surface area contributed by atoms with Crippen LogP contribution in [0.1, 0.15) is 57.6 Å². The highest BCUT2D eigenvalue weighted by Crippen LogP contribution is 2.29. The zero-order valence-corrected chi connectivity index (χ0v) is 13.0. The van der Waals surface area contributed by atoms with Crippen LogP contribution in [0.15, 0.2) is 16.8 Å². The van der Waals surface area contributed by atoms with Crippen molar-refractivity contribution in [1.82, 2.24) is 5.32 Å². The summed E-state index contributed by atoms with van der Waals surface area (Å²) in [7, 11) is 0. The van der Waals surface area contributed by atoms with E-state index in [0.29, 0.717) is 12.6 Å². The molecular formula is C16H27NOS. The molecule has 1 heterocycles. The Hall–Kier alpha value is -0.380. The molecule has 3 heteroatoms. The first-order valence-electron chi connectivity index (χ1n) is 7.58. The maximum atomic E-state index is 10.1. The normalized spacial score (nSPS) is 25.7. The molecule has 108 valence electrons. The summed E-state index contributed by atoms with van der Waals surface area (Å²) in [6.45, 7) is 5.32. The van der Waals surface area contributed by atoms with E-state index in [4.69, 9.17) is 0 Å². The Labute approximate surface area is 121 Å². The summed E-state index contributed by atoms with van der Waals surface area (Å²) in [5.41, 5.74) is 1.05. The lowest BCUT2D eigenvalue weighted by atomic mass is 9.81. The largest absolute Gasteiger partial charge is 0.387 e. The summed E-state index contributed by atoms with van der Waals surface area (Å²) in [5, 5.41) is 17.7. The molecule has 3 atom stereocenters. The van der Waals surface area contributed by atoms with Crippen molar-refractivity contribution < 1.29 is 5.11 Å². The summed E-state index contributed by atoms with van der Waals surface area (Å²) in [6, 6.07) is 2.62. The molecule has 0 spiro atoms. The van der Waals surface area contributed by atoms with E-state index >= 15 is 0 Å². The quantitative estimate of drug-likeness (QED) is 0.827. The second-order valence-corrected chi connectivity index (χ2v) is 7.12. The first kappa shape index (κ1) is 15.0. The molecule has 0 bridgehead atoms. The van der Waals surface area contributed by atoms with Gasteiger partial charge in [-0.05, 0) is 53.5 Å². The zero-order valence-electron chi connectivity index (χ0n) is 12.1. The van der Waals surface area contributed by atoms with Crippen molar-refractivity contribution in [3.05, 3.63) is 22.4 Å². The molecule has 1 aliphatic rings. The van der Waals surface area contributed by atoms with Crippen LogP contribution in [0, 0.1) is 11.8 Å². The Morgan fingerprint density at radius 1 is 1.42 bits per heavy atom. The molecular weight excluding hydrogens is 254 g/mol. The SMILES string of the molecule is CC(C)CC1CCCC(NCC(O)c2ccsc2)C1. The van der Waals surface area contributed by atoms with Crippen molar-refractivity contribution in [3.8, 4) is 0 Å². The van der Waals surface area contributed by atoms with Gasteiger partial charge in [-0.25, -0.2) is 0 Å². The second-order valence-electron chi connectivity index (χ2n) is 6.34. The number of rotatable bonds is 6. The van der Waals surface area contributed by atoms with Crippen molar-refractivity contribution in [2.45, 2.75) is 58.1 Å². The van der Waals surface area contributed by atoms with Crippen LogP contribution in [0.4, 0.5) is 0 Å². The van der Waals surface area contributed by atoms with Crippen LogP contribution in [0.2, 0.25) is 0 Å². The van der Waals surface area contributed by atoms with Gasteiger partial charge in [-0.1, -0.05) is 26.7 Å². The lowest BCUT2D eigenvalue weighted by Crippen LogP contribution is -2.36. The van der Waals surface area contributed by atoms with Gasteiger partial charge < -0.3 is 10.4 Å². The minimum absolute atomic E-state index is 0.350. The van der Waals surface area contributed by atoms with Gasteiger partial charge in [0.25, 0.3) is 0 Å². The van der Waals surface area contributed by atoms with Crippen molar-refractivity contribution in [3.63, 3.8) is 0 Å². The molecule has 19 heavy (non-hydrogen) atoms. The first-order chi connectivity index (χ1) is 9.15. The Balaban J connectivity index is 1.73. The zero-order chi connectivity index (χ0) is 13.7. The Morgan fingerprint density at radius 3 is 2.95 bits per heavy atom. The number of aliphatic hydroxyl groups excluding tert-OH is 1. The van der Waals surface area contributed by atoms with Gasteiger partial charge in [0, 0.05) is 12.6 Å². The van der Waals surface area contributed by atoms with E-state index in [1.807, 2.05) is 16.8 Å². The fraction of sp³-hybridized carbons (Fsp3) is 0.750. The van der Waals surface area contributed by atoms with Crippen LogP contribution >= 0.6 is 11.3 Å². The standard InChI is InChI=1S/C16H27NOS/c1-12(2)8-13-4-3-5-15(9-13)17-10-16(18)14-6-7-19-11-14/h6-7,11-13,15-18H,3-5,8-10H2,1-2H3. The molecule has 1 saturated carbocycles. The number of hydrogen-bond acceptors (Lipinski definition) is 3. The van der Waals surface area contributed by atoms with Crippen LogP contribution in [-0.4, -0.2) is 17.7 Å². The van der Waals surface area contributed by atoms with Gasteiger partial charge in [0.15, 0.2) is 0 Å². The Morgan fingerprint density at radius 2 is 2.26 bits per heavy atom. The van der Waals surface area contributed by atoms with Gasteiger partial charge in [-0.2, -0.15) is 11.3 Å². The maximum Gasteiger partial charge on any atom is 0.0922 e. The highest BCUT2D eigenvalue weighted by molar-refractivity contribution is 7.07. The molecule has 2 rings (SSSR count). The lowest BCUT2D eigenvalue weighted by Gasteiger charge is -2.31. The van der Waals surface area contributed by atoms with Crippen molar-refractivity contribution in [2.24, 2.45) is 11.8 Å². The second kappa shape index (κ2) is 7.41. The van der Waals surface area contributed by atoms with Crippen LogP contribution in [-0.2, 0) is 0 Å². The topological polar surface area (TPSA) is 32.3 Å². The van der Waals surface area contributed by atoms with Gasteiger partial charge in [-0.3, -0.25) is 0 Å². The van der Waals surface area contributed by atoms with Crippen LogP contribution in [0.5, 0.6) is 0 Å². The summed E-state index contributed by atoms with van der Waals surface area (Å²) in [4.78, 5) is 0. The molecule has 1 aromatic heterocycles. The van der Waals surface area contributed by atoms with E-state index in [2.05, 4.69) is 19.2 Å². The molecule has 0 aromatic carbocycles. The van der Waals surface area contributed by atoms with Crippen molar-refractivity contribution in [1.29, 1.82) is 0 Å². The lowest BCUT2D eigenvalue weighted by molar-refractivity contribution is 0.159. The first-order valence-corrected chi connectivity index (χ1v) is 8.53. The molecule has 2 N–H and O–H groups in total. The summed E-state index contributed by atoms with van der Waals surface area (Å²) >= 11 is 1.65. The van der Waals surface area contributed by atoms with Gasteiger partial charge in [0.05, 0.1) is 6.10 Å². The molecule has 1 aromatic rings. The number of aliphatic hydroxyl groups is 1. The van der Waals surface area contributed by atoms with E-state index < -0.39 is 0 Å². The predicted octanol–water partition coefficient (Wildman–Crippen LogP) is 3.98. The molecule has 1 aliphatic carbocycles. The number of thiophene rings is 1.